The van der Waals surface area contributed by atoms with Crippen molar-refractivity contribution in [2.24, 2.45) is 5.11 Å². The van der Waals surface area contributed by atoms with Crippen LogP contribution in [0.25, 0.3) is 10.4 Å². The van der Waals surface area contributed by atoms with Crippen LogP contribution in [0.5, 0.6) is 0 Å². The SMILES string of the molecule is Cc1ccc(C(NCCCCC(NC(=O)C(Cc2ccccc2)NC(=O)CCOCCOCCOCCOCCOCCOCCOCCOCCOCCN=[N+]=[N-])C(=O)Nc2ccc(CO)cc2C)(c2ccccc2)c2ccccc2)cc1. The molecule has 456 valence electrons. The Labute approximate surface area is 495 Å². The number of aryl methyl sites for hydroxylation is 2. The third-order valence-electron chi connectivity index (χ3n) is 13.4. The number of carbonyl (C=O) groups excluding carboxylic acids is 3. The number of amides is 3. The number of nitrogens with zero attached hydrogens (tertiary/aromatic N) is 3. The number of ether oxygens (including phenoxy) is 9. The summed E-state index contributed by atoms with van der Waals surface area (Å²) >= 11 is 0. The van der Waals surface area contributed by atoms with Gasteiger partial charge in [-0.05, 0) is 84.6 Å². The molecule has 0 saturated heterocycles. The number of aliphatic hydroxyl groups is 1. The summed E-state index contributed by atoms with van der Waals surface area (Å²) in [5.41, 5.74) is 14.9. The molecule has 2 atom stereocenters. The molecule has 0 saturated carbocycles. The number of rotatable bonds is 47. The maximum Gasteiger partial charge on any atom is 0.246 e. The smallest absolute Gasteiger partial charge is 0.246 e. The molecule has 0 heterocycles. The molecule has 0 aromatic heterocycles. The summed E-state index contributed by atoms with van der Waals surface area (Å²) in [5.74, 6) is -1.25. The van der Waals surface area contributed by atoms with Crippen molar-refractivity contribution in [1.82, 2.24) is 16.0 Å². The van der Waals surface area contributed by atoms with Gasteiger partial charge < -0.3 is 63.7 Å². The maximum absolute atomic E-state index is 14.4. The zero-order chi connectivity index (χ0) is 59.6. The van der Waals surface area contributed by atoms with Crippen molar-refractivity contribution in [3.63, 3.8) is 0 Å². The first-order chi connectivity index (χ1) is 41.2. The molecule has 84 heavy (non-hydrogen) atoms. The van der Waals surface area contributed by atoms with Crippen molar-refractivity contribution in [3.8, 4) is 0 Å². The lowest BCUT2D eigenvalue weighted by atomic mass is 9.76. The van der Waals surface area contributed by atoms with Crippen molar-refractivity contribution >= 4 is 23.4 Å². The average molecular weight is 1160 g/mol. The monoisotopic (exact) mass is 1160 g/mol. The largest absolute Gasteiger partial charge is 0.392 e. The first-order valence-electron chi connectivity index (χ1n) is 29.0. The molecule has 0 spiro atoms. The molecule has 0 bridgehead atoms. The van der Waals surface area contributed by atoms with Gasteiger partial charge in [0.25, 0.3) is 0 Å². The Morgan fingerprint density at radius 2 is 0.988 bits per heavy atom. The molecule has 0 aliphatic rings. The molecule has 0 fully saturated rings. The third kappa shape index (κ3) is 26.5. The number of nitrogens with one attached hydrogen (secondary N) is 4. The van der Waals surface area contributed by atoms with Gasteiger partial charge in [0.2, 0.25) is 17.7 Å². The fourth-order valence-corrected chi connectivity index (χ4v) is 8.96. The molecule has 20 nitrogen and oxygen atoms in total. The van der Waals surface area contributed by atoms with E-state index < -0.39 is 29.4 Å². The second kappa shape index (κ2) is 42.2. The van der Waals surface area contributed by atoms with Crippen LogP contribution in [0, 0.1) is 13.8 Å². The number of anilines is 1. The quantitative estimate of drug-likeness (QED) is 0.00830. The minimum absolute atomic E-state index is 0.00600. The molecule has 2 unspecified atom stereocenters. The Balaban J connectivity index is 1.00. The highest BCUT2D eigenvalue weighted by Gasteiger charge is 2.36. The van der Waals surface area contributed by atoms with E-state index in [0.29, 0.717) is 149 Å². The van der Waals surface area contributed by atoms with Crippen molar-refractivity contribution in [3.05, 3.63) is 183 Å². The first-order valence-corrected chi connectivity index (χ1v) is 29.0. The molecule has 20 heteroatoms. The molecular formula is C64H87N7O13. The summed E-state index contributed by atoms with van der Waals surface area (Å²) in [7, 11) is 0. The number of unbranched alkanes of at least 4 members (excludes halogenated alkanes) is 1. The molecule has 5 aromatic rings. The zero-order valence-electron chi connectivity index (χ0n) is 48.9. The van der Waals surface area contributed by atoms with Crippen LogP contribution >= 0.6 is 0 Å². The summed E-state index contributed by atoms with van der Waals surface area (Å²) in [6, 6.07) is 42.2. The lowest BCUT2D eigenvalue weighted by molar-refractivity contribution is -0.131. The fraction of sp³-hybridized carbons (Fsp3) is 0.484. The Morgan fingerprint density at radius 1 is 0.524 bits per heavy atom. The number of aliphatic hydroxyl groups excluding tert-OH is 1. The molecule has 0 aliphatic carbocycles. The van der Waals surface area contributed by atoms with Crippen LogP contribution in [0.1, 0.15) is 64.6 Å². The van der Waals surface area contributed by atoms with E-state index in [9.17, 15) is 19.5 Å². The van der Waals surface area contributed by atoms with Crippen LogP contribution < -0.4 is 21.3 Å². The van der Waals surface area contributed by atoms with Gasteiger partial charge in [-0.15, -0.1) is 0 Å². The second-order valence-corrected chi connectivity index (χ2v) is 19.7. The van der Waals surface area contributed by atoms with E-state index in [1.807, 2.05) is 79.7 Å². The highest BCUT2D eigenvalue weighted by Crippen LogP contribution is 2.37. The fourth-order valence-electron chi connectivity index (χ4n) is 8.96. The Kier molecular flexibility index (Phi) is 34.3. The van der Waals surface area contributed by atoms with Gasteiger partial charge >= 0.3 is 0 Å². The summed E-state index contributed by atoms with van der Waals surface area (Å²) in [5, 5.41) is 26.0. The van der Waals surface area contributed by atoms with E-state index >= 15 is 0 Å². The van der Waals surface area contributed by atoms with Crippen molar-refractivity contribution in [2.75, 3.05) is 137 Å². The van der Waals surface area contributed by atoms with Gasteiger partial charge in [-0.1, -0.05) is 138 Å². The molecule has 0 aliphatic heterocycles. The molecular weight excluding hydrogens is 1070 g/mol. The number of hydrogen-bond donors (Lipinski definition) is 5. The van der Waals surface area contributed by atoms with Gasteiger partial charge in [0.05, 0.1) is 131 Å². The first kappa shape index (κ1) is 68.2. The molecule has 5 aromatic carbocycles. The lowest BCUT2D eigenvalue weighted by Crippen LogP contribution is -2.53. The van der Waals surface area contributed by atoms with E-state index in [1.54, 1.807) is 12.1 Å². The molecule has 5 rings (SSSR count). The predicted molar refractivity (Wildman–Crippen MR) is 322 cm³/mol. The van der Waals surface area contributed by atoms with Gasteiger partial charge in [-0.3, -0.25) is 19.7 Å². The van der Waals surface area contributed by atoms with E-state index in [-0.39, 0.29) is 38.6 Å². The summed E-state index contributed by atoms with van der Waals surface area (Å²) in [6.45, 7) is 11.8. The number of carbonyl (C=O) groups is 3. The molecule has 3 amide bonds. The van der Waals surface area contributed by atoms with Crippen molar-refractivity contribution in [2.45, 2.75) is 70.2 Å². The van der Waals surface area contributed by atoms with Crippen molar-refractivity contribution < 1.29 is 62.1 Å². The van der Waals surface area contributed by atoms with E-state index in [4.69, 9.17) is 48.2 Å². The van der Waals surface area contributed by atoms with Crippen LogP contribution in [0.3, 0.4) is 0 Å². The number of azide groups is 1. The number of benzene rings is 5. The normalized spacial score (nSPS) is 12.1. The van der Waals surface area contributed by atoms with E-state index in [2.05, 4.69) is 86.7 Å². The zero-order valence-corrected chi connectivity index (χ0v) is 48.9. The van der Waals surface area contributed by atoms with Crippen molar-refractivity contribution in [1.29, 1.82) is 0 Å². The Hall–Kier alpha value is -6.62. The lowest BCUT2D eigenvalue weighted by Gasteiger charge is -2.37. The molecule has 5 N–H and O–H groups in total. The summed E-state index contributed by atoms with van der Waals surface area (Å²) < 4.78 is 49.6. The van der Waals surface area contributed by atoms with Gasteiger partial charge in [-0.25, -0.2) is 0 Å². The highest BCUT2D eigenvalue weighted by atomic mass is 16.6. The van der Waals surface area contributed by atoms with E-state index in [1.165, 1.54) is 0 Å². The minimum atomic E-state index is -0.987. The van der Waals surface area contributed by atoms with Gasteiger partial charge in [-0.2, -0.15) is 0 Å². The van der Waals surface area contributed by atoms with Gasteiger partial charge in [0.15, 0.2) is 0 Å². The average Bonchev–Trinajstić information content (AvgIpc) is 1.72. The topological polar surface area (TPSA) is 251 Å². The Morgan fingerprint density at radius 3 is 1.46 bits per heavy atom. The van der Waals surface area contributed by atoms with Crippen LogP contribution in [0.4, 0.5) is 5.69 Å². The summed E-state index contributed by atoms with van der Waals surface area (Å²) in [4.78, 5) is 44.8. The van der Waals surface area contributed by atoms with Crippen LogP contribution in [-0.4, -0.2) is 167 Å². The maximum atomic E-state index is 14.4. The van der Waals surface area contributed by atoms with Crippen LogP contribution in [0.2, 0.25) is 0 Å². The van der Waals surface area contributed by atoms with E-state index in [0.717, 1.165) is 33.4 Å². The summed E-state index contributed by atoms with van der Waals surface area (Å²) in [6.07, 6.45) is 1.78. The van der Waals surface area contributed by atoms with Gasteiger partial charge in [0.1, 0.15) is 12.1 Å². The number of hydrogen-bond acceptors (Lipinski definition) is 15. The predicted octanol–water partition coefficient (Wildman–Crippen LogP) is 7.55. The standard InChI is InChI=1S/C64H87N7O13/c1-51-21-24-57(25-22-51)64(55-16-8-4-9-17-55,56-18-10-5-11-19-56)66-28-13-12-20-59(62(74)69-58-26-23-54(50-72)48-52(58)2)70-63(75)60(49-53-14-6-3-7-15-53)68-61(73)27-30-76-32-34-78-36-38-80-40-42-82-44-46-84-47-45-83-43-41-81-39-37-79-35-33-77-31-29-67-71-65/h3-11,14-19,21-26,48,59-60,66,72H,12-13,20,27-47,49-50H2,1-2H3,(H,68,73)(H,69,74)(H,70,75). The Bertz CT molecular complexity index is 2580. The van der Waals surface area contributed by atoms with Crippen LogP contribution in [-0.2, 0) is 75.6 Å². The molecule has 0 radical (unpaired) electrons. The van der Waals surface area contributed by atoms with Crippen LogP contribution in [0.15, 0.2) is 139 Å². The second-order valence-electron chi connectivity index (χ2n) is 19.7. The van der Waals surface area contributed by atoms with Gasteiger partial charge in [0, 0.05) is 30.0 Å². The third-order valence-corrected chi connectivity index (χ3v) is 13.4. The highest BCUT2D eigenvalue weighted by molar-refractivity contribution is 5.99. The minimum Gasteiger partial charge on any atom is -0.392 e.